The Morgan fingerprint density at radius 3 is 2.10 bits per heavy atom. The van der Waals surface area contributed by atoms with E-state index in [0.717, 1.165) is 40.4 Å². The molecule has 0 saturated carbocycles. The first kappa shape index (κ1) is 24.6. The van der Waals surface area contributed by atoms with Gasteiger partial charge in [0.05, 0.1) is 10.2 Å². The quantitative estimate of drug-likeness (QED) is 0.229. The molecule has 196 valence electrons. The number of thiazole rings is 1. The smallest absolute Gasteiger partial charge is 0.124 e. The standard InChI is InChI=1S/C36H30N2OS/c1-3-36(4-2)31-21-24(35-37-33-15-8-9-16-34(33)40-35)17-19-29(31)30-20-18-27(23-32(30)36)38(25-11-6-5-7-12-25)26-13-10-14-28(39)22-26/h5-23,39H,3-4H2,1-2H3. The third-order valence-electron chi connectivity index (χ3n) is 8.45. The second kappa shape index (κ2) is 9.65. The fourth-order valence-electron chi connectivity index (χ4n) is 6.42. The lowest BCUT2D eigenvalue weighted by molar-refractivity contribution is 0.475. The Hall–Kier alpha value is -4.41. The van der Waals surface area contributed by atoms with Gasteiger partial charge in [0.1, 0.15) is 10.8 Å². The molecular formula is C36H30N2OS. The maximum absolute atomic E-state index is 10.3. The highest BCUT2D eigenvalue weighted by molar-refractivity contribution is 7.21. The number of benzene rings is 5. The molecule has 1 aromatic heterocycles. The maximum Gasteiger partial charge on any atom is 0.124 e. The van der Waals surface area contributed by atoms with Crippen LogP contribution in [0.15, 0.2) is 115 Å². The average molecular weight is 539 g/mol. The molecule has 6 aromatic rings. The molecule has 0 atom stereocenters. The fourth-order valence-corrected chi connectivity index (χ4v) is 7.38. The summed E-state index contributed by atoms with van der Waals surface area (Å²) in [5, 5.41) is 11.4. The van der Waals surface area contributed by atoms with Crippen LogP contribution in [0.3, 0.4) is 0 Å². The Bertz CT molecular complexity index is 1820. The van der Waals surface area contributed by atoms with Crippen LogP contribution in [0.2, 0.25) is 0 Å². The summed E-state index contributed by atoms with van der Waals surface area (Å²) in [7, 11) is 0. The molecule has 0 spiro atoms. The summed E-state index contributed by atoms with van der Waals surface area (Å²) in [5.41, 5.74) is 10.6. The molecule has 0 amide bonds. The van der Waals surface area contributed by atoms with Crippen LogP contribution >= 0.6 is 11.3 Å². The predicted molar refractivity (Wildman–Crippen MR) is 168 cm³/mol. The van der Waals surface area contributed by atoms with Gasteiger partial charge in [0.2, 0.25) is 0 Å². The van der Waals surface area contributed by atoms with Crippen molar-refractivity contribution in [3.63, 3.8) is 0 Å². The number of phenols is 1. The zero-order valence-electron chi connectivity index (χ0n) is 22.6. The van der Waals surface area contributed by atoms with Gasteiger partial charge in [-0.1, -0.05) is 68.4 Å². The van der Waals surface area contributed by atoms with Crippen LogP contribution in [0.5, 0.6) is 5.75 Å². The van der Waals surface area contributed by atoms with Gasteiger partial charge < -0.3 is 10.0 Å². The normalized spacial score (nSPS) is 13.2. The lowest BCUT2D eigenvalue weighted by Crippen LogP contribution is -2.23. The molecule has 0 bridgehead atoms. The van der Waals surface area contributed by atoms with E-state index >= 15 is 0 Å². The number of rotatable bonds is 6. The highest BCUT2D eigenvalue weighted by Gasteiger charge is 2.41. The number of phenolic OH excluding ortho intramolecular Hbond substituents is 1. The number of para-hydroxylation sites is 2. The third kappa shape index (κ3) is 3.82. The predicted octanol–water partition coefficient (Wildman–Crippen LogP) is 10.2. The molecule has 1 N–H and O–H groups in total. The van der Waals surface area contributed by atoms with Gasteiger partial charge in [-0.3, -0.25) is 0 Å². The highest BCUT2D eigenvalue weighted by atomic mass is 32.1. The molecule has 1 aliphatic rings. The van der Waals surface area contributed by atoms with Crippen molar-refractivity contribution in [2.45, 2.75) is 32.1 Å². The Labute approximate surface area is 239 Å². The van der Waals surface area contributed by atoms with Crippen LogP contribution in [0, 0.1) is 0 Å². The van der Waals surface area contributed by atoms with E-state index in [-0.39, 0.29) is 11.2 Å². The van der Waals surface area contributed by atoms with Gasteiger partial charge >= 0.3 is 0 Å². The van der Waals surface area contributed by atoms with Crippen LogP contribution < -0.4 is 4.90 Å². The zero-order valence-corrected chi connectivity index (χ0v) is 23.5. The third-order valence-corrected chi connectivity index (χ3v) is 9.54. The van der Waals surface area contributed by atoms with Crippen LogP contribution in [0.25, 0.3) is 31.9 Å². The van der Waals surface area contributed by atoms with Crippen molar-refractivity contribution in [1.82, 2.24) is 4.98 Å². The molecular weight excluding hydrogens is 508 g/mol. The Balaban J connectivity index is 1.38. The zero-order chi connectivity index (χ0) is 27.3. The van der Waals surface area contributed by atoms with Crippen LogP contribution in [0.1, 0.15) is 37.8 Å². The SMILES string of the molecule is CCC1(CC)c2cc(-c3nc4ccccc4s3)ccc2-c2ccc(N(c3ccccc3)c3cccc(O)c3)cc21. The minimum Gasteiger partial charge on any atom is -0.508 e. The number of anilines is 3. The summed E-state index contributed by atoms with van der Waals surface area (Å²) < 4.78 is 1.22. The number of aromatic nitrogens is 1. The van der Waals surface area contributed by atoms with E-state index in [1.807, 2.05) is 24.3 Å². The molecule has 0 saturated heterocycles. The van der Waals surface area contributed by atoms with E-state index in [0.29, 0.717) is 0 Å². The second-order valence-corrected chi connectivity index (χ2v) is 11.5. The summed E-state index contributed by atoms with van der Waals surface area (Å²) in [6.45, 7) is 4.62. The van der Waals surface area contributed by atoms with Crippen molar-refractivity contribution < 1.29 is 5.11 Å². The van der Waals surface area contributed by atoms with Gasteiger partial charge in [-0.25, -0.2) is 4.98 Å². The van der Waals surface area contributed by atoms with Crippen molar-refractivity contribution >= 4 is 38.6 Å². The minimum atomic E-state index is -0.0887. The number of hydrogen-bond acceptors (Lipinski definition) is 4. The lowest BCUT2D eigenvalue weighted by atomic mass is 9.73. The van der Waals surface area contributed by atoms with E-state index < -0.39 is 0 Å². The summed E-state index contributed by atoms with van der Waals surface area (Å²) in [4.78, 5) is 7.19. The lowest BCUT2D eigenvalue weighted by Gasteiger charge is -2.32. The van der Waals surface area contributed by atoms with Crippen LogP contribution in [-0.2, 0) is 5.41 Å². The molecule has 7 rings (SSSR count). The molecule has 0 unspecified atom stereocenters. The van der Waals surface area contributed by atoms with Gasteiger partial charge in [0, 0.05) is 34.1 Å². The molecule has 3 nitrogen and oxygen atoms in total. The maximum atomic E-state index is 10.3. The minimum absolute atomic E-state index is 0.0887. The molecule has 1 heterocycles. The highest BCUT2D eigenvalue weighted by Crippen LogP contribution is 2.55. The molecule has 0 aliphatic heterocycles. The van der Waals surface area contributed by atoms with Crippen molar-refractivity contribution in [2.24, 2.45) is 0 Å². The summed E-state index contributed by atoms with van der Waals surface area (Å²) >= 11 is 1.76. The number of fused-ring (bicyclic) bond motifs is 4. The van der Waals surface area contributed by atoms with E-state index in [1.165, 1.54) is 32.5 Å². The van der Waals surface area contributed by atoms with E-state index in [1.54, 1.807) is 17.4 Å². The Kier molecular flexibility index (Phi) is 5.94. The topological polar surface area (TPSA) is 36.4 Å². The number of nitrogens with zero attached hydrogens (tertiary/aromatic N) is 2. The Morgan fingerprint density at radius 2 is 1.35 bits per heavy atom. The van der Waals surface area contributed by atoms with Gasteiger partial charge in [-0.05, 0) is 89.7 Å². The van der Waals surface area contributed by atoms with E-state index in [9.17, 15) is 5.11 Å². The van der Waals surface area contributed by atoms with Crippen molar-refractivity contribution in [3.8, 4) is 27.4 Å². The molecule has 1 aliphatic carbocycles. The molecule has 40 heavy (non-hydrogen) atoms. The summed E-state index contributed by atoms with van der Waals surface area (Å²) in [6.07, 6.45) is 2.02. The van der Waals surface area contributed by atoms with Crippen molar-refractivity contribution in [2.75, 3.05) is 4.90 Å². The van der Waals surface area contributed by atoms with Crippen molar-refractivity contribution in [3.05, 3.63) is 126 Å². The van der Waals surface area contributed by atoms with Crippen molar-refractivity contribution in [1.29, 1.82) is 0 Å². The van der Waals surface area contributed by atoms with Gasteiger partial charge in [0.25, 0.3) is 0 Å². The Morgan fingerprint density at radius 1 is 0.675 bits per heavy atom. The first-order valence-electron chi connectivity index (χ1n) is 13.9. The fraction of sp³-hybridized carbons (Fsp3) is 0.139. The molecule has 5 aromatic carbocycles. The number of hydrogen-bond donors (Lipinski definition) is 1. The average Bonchev–Trinajstić information content (AvgIpc) is 3.55. The monoisotopic (exact) mass is 538 g/mol. The first-order valence-corrected chi connectivity index (χ1v) is 14.7. The summed E-state index contributed by atoms with van der Waals surface area (Å²) in [6, 6.07) is 40.0. The molecule has 4 heteroatoms. The number of aromatic hydroxyl groups is 1. The molecule has 0 fully saturated rings. The van der Waals surface area contributed by atoms with Gasteiger partial charge in [-0.15, -0.1) is 11.3 Å². The second-order valence-electron chi connectivity index (χ2n) is 10.5. The largest absolute Gasteiger partial charge is 0.508 e. The molecule has 0 radical (unpaired) electrons. The first-order chi connectivity index (χ1) is 19.6. The van der Waals surface area contributed by atoms with Gasteiger partial charge in [-0.2, -0.15) is 0 Å². The van der Waals surface area contributed by atoms with Crippen LogP contribution in [0.4, 0.5) is 17.1 Å². The summed E-state index contributed by atoms with van der Waals surface area (Å²) in [5.74, 6) is 0.255. The van der Waals surface area contributed by atoms with Gasteiger partial charge in [0.15, 0.2) is 0 Å². The van der Waals surface area contributed by atoms with E-state index in [2.05, 4.69) is 104 Å². The van der Waals surface area contributed by atoms with E-state index in [4.69, 9.17) is 4.98 Å². The van der Waals surface area contributed by atoms with Crippen LogP contribution in [-0.4, -0.2) is 10.1 Å².